The van der Waals surface area contributed by atoms with Crippen LogP contribution in [0.2, 0.25) is 0 Å². The summed E-state index contributed by atoms with van der Waals surface area (Å²) in [6.07, 6.45) is -0.240. The molecule has 1 aliphatic heterocycles. The highest BCUT2D eigenvalue weighted by Gasteiger charge is 2.32. The smallest absolute Gasteiger partial charge is 0.305 e. The minimum Gasteiger partial charge on any atom is -0.493 e. The Kier molecular flexibility index (Phi) is 6.58. The number of ether oxygens (including phenoxy) is 1. The number of amides is 1. The Morgan fingerprint density at radius 3 is 2.64 bits per heavy atom. The van der Waals surface area contributed by atoms with E-state index in [0.29, 0.717) is 23.4 Å². The van der Waals surface area contributed by atoms with E-state index in [1.54, 1.807) is 0 Å². The van der Waals surface area contributed by atoms with Crippen LogP contribution < -0.4 is 10.1 Å². The Morgan fingerprint density at radius 1 is 1.36 bits per heavy atom. The van der Waals surface area contributed by atoms with Gasteiger partial charge in [-0.05, 0) is 42.7 Å². The third-order valence-corrected chi connectivity index (χ3v) is 4.35. The molecule has 1 amide bonds. The number of amidine groups is 1. The molecule has 0 aliphatic carbocycles. The molecule has 25 heavy (non-hydrogen) atoms. The molecule has 1 unspecified atom stereocenters. The molecule has 0 radical (unpaired) electrons. The molecule has 0 spiro atoms. The topological polar surface area (TPSA) is 100 Å². The summed E-state index contributed by atoms with van der Waals surface area (Å²) in [4.78, 5) is 22.3. The van der Waals surface area contributed by atoms with Crippen molar-refractivity contribution >= 4 is 34.5 Å². The van der Waals surface area contributed by atoms with Crippen molar-refractivity contribution in [1.29, 1.82) is 0 Å². The van der Waals surface area contributed by atoms with Crippen molar-refractivity contribution in [3.05, 3.63) is 29.8 Å². The Hall–Kier alpha value is -2.35. The zero-order chi connectivity index (χ0) is 18.4. The molecule has 2 N–H and O–H groups in total. The van der Waals surface area contributed by atoms with Gasteiger partial charge in [-0.25, -0.2) is 0 Å². The van der Waals surface area contributed by atoms with Crippen LogP contribution >= 0.6 is 11.8 Å². The van der Waals surface area contributed by atoms with Gasteiger partial charge in [-0.2, -0.15) is 5.10 Å². The zero-order valence-electron chi connectivity index (χ0n) is 14.4. The maximum absolute atomic E-state index is 11.6. The van der Waals surface area contributed by atoms with Gasteiger partial charge in [0.15, 0.2) is 5.17 Å². The van der Waals surface area contributed by atoms with Crippen LogP contribution in [0.25, 0.3) is 0 Å². The maximum Gasteiger partial charge on any atom is 0.305 e. The van der Waals surface area contributed by atoms with Crippen LogP contribution in [0, 0.1) is 5.92 Å². The number of thioether (sulfide) groups is 1. The lowest BCUT2D eigenvalue weighted by Crippen LogP contribution is -2.26. The molecule has 0 aromatic heterocycles. The first-order valence-corrected chi connectivity index (χ1v) is 8.78. The van der Waals surface area contributed by atoms with Gasteiger partial charge >= 0.3 is 5.97 Å². The fourth-order valence-corrected chi connectivity index (χ4v) is 2.89. The fourth-order valence-electron chi connectivity index (χ4n) is 1.98. The molecular weight excluding hydrogens is 342 g/mol. The van der Waals surface area contributed by atoms with Crippen LogP contribution in [-0.2, 0) is 9.59 Å². The molecule has 134 valence electrons. The second kappa shape index (κ2) is 8.66. The first-order chi connectivity index (χ1) is 11.8. The van der Waals surface area contributed by atoms with E-state index in [1.807, 2.05) is 31.2 Å². The number of carboxylic acids is 1. The molecule has 2 rings (SSSR count). The molecule has 1 fully saturated rings. The monoisotopic (exact) mass is 363 g/mol. The first kappa shape index (κ1) is 19.0. The van der Waals surface area contributed by atoms with E-state index < -0.39 is 11.2 Å². The summed E-state index contributed by atoms with van der Waals surface area (Å²) in [5, 5.41) is 19.1. The molecule has 1 saturated heterocycles. The highest BCUT2D eigenvalue weighted by molar-refractivity contribution is 8.15. The normalized spacial score (nSPS) is 19.4. The maximum atomic E-state index is 11.6. The summed E-state index contributed by atoms with van der Waals surface area (Å²) in [5.41, 5.74) is 1.57. The Bertz CT molecular complexity index is 698. The number of hydrogen-bond donors (Lipinski definition) is 2. The SMILES string of the molecule is C/C(=N/N=C1/NC(=O)C(CC(=O)O)S1)c1ccc(OCC(C)C)cc1. The predicted molar refractivity (Wildman–Crippen MR) is 98.2 cm³/mol. The lowest BCUT2D eigenvalue weighted by atomic mass is 10.1. The molecule has 0 bridgehead atoms. The Labute approximate surface area is 150 Å². The van der Waals surface area contributed by atoms with Crippen molar-refractivity contribution in [2.24, 2.45) is 16.1 Å². The summed E-state index contributed by atoms with van der Waals surface area (Å²) >= 11 is 1.08. The van der Waals surface area contributed by atoms with E-state index in [-0.39, 0.29) is 12.3 Å². The number of rotatable bonds is 7. The molecular formula is C17H21N3O4S. The third kappa shape index (κ3) is 5.90. The second-order valence-corrected chi connectivity index (χ2v) is 7.20. The second-order valence-electron chi connectivity index (χ2n) is 6.01. The molecule has 1 atom stereocenters. The van der Waals surface area contributed by atoms with E-state index in [0.717, 1.165) is 23.1 Å². The van der Waals surface area contributed by atoms with Crippen molar-refractivity contribution < 1.29 is 19.4 Å². The number of carboxylic acid groups (broad SMARTS) is 1. The molecule has 1 aromatic carbocycles. The largest absolute Gasteiger partial charge is 0.493 e. The average molecular weight is 363 g/mol. The van der Waals surface area contributed by atoms with E-state index >= 15 is 0 Å². The number of nitrogens with one attached hydrogen (secondary N) is 1. The quantitative estimate of drug-likeness (QED) is 0.573. The van der Waals surface area contributed by atoms with Crippen molar-refractivity contribution in [3.63, 3.8) is 0 Å². The molecule has 1 aromatic rings. The van der Waals surface area contributed by atoms with E-state index in [1.165, 1.54) is 0 Å². The van der Waals surface area contributed by atoms with E-state index in [2.05, 4.69) is 29.4 Å². The van der Waals surface area contributed by atoms with Gasteiger partial charge in [0.1, 0.15) is 11.0 Å². The number of aliphatic carboxylic acids is 1. The minimum atomic E-state index is -1.02. The number of hydrogen-bond acceptors (Lipinski definition) is 6. The first-order valence-electron chi connectivity index (χ1n) is 7.90. The molecule has 1 heterocycles. The van der Waals surface area contributed by atoms with E-state index in [9.17, 15) is 9.59 Å². The van der Waals surface area contributed by atoms with Gasteiger partial charge in [0.05, 0.1) is 18.7 Å². The van der Waals surface area contributed by atoms with Gasteiger partial charge in [0.25, 0.3) is 0 Å². The number of carbonyl (C=O) groups is 2. The number of nitrogens with zero attached hydrogens (tertiary/aromatic N) is 2. The molecule has 8 heteroatoms. The van der Waals surface area contributed by atoms with Gasteiger partial charge < -0.3 is 15.2 Å². The summed E-state index contributed by atoms with van der Waals surface area (Å²) in [6.45, 7) is 6.65. The average Bonchev–Trinajstić information content (AvgIpc) is 2.90. The standard InChI is InChI=1S/C17H21N3O4S/c1-10(2)9-24-13-6-4-12(5-7-13)11(3)19-20-17-18-16(23)14(25-17)8-15(21)22/h4-7,10,14H,8-9H2,1-3H3,(H,21,22)(H,18,20,23)/b19-11-. The lowest BCUT2D eigenvalue weighted by Gasteiger charge is -2.08. The summed E-state index contributed by atoms with van der Waals surface area (Å²) in [7, 11) is 0. The van der Waals surface area contributed by atoms with Gasteiger partial charge in [-0.3, -0.25) is 9.59 Å². The number of carbonyl (C=O) groups excluding carboxylic acids is 1. The van der Waals surface area contributed by atoms with Crippen LogP contribution in [0.3, 0.4) is 0 Å². The van der Waals surface area contributed by atoms with Crippen molar-refractivity contribution in [3.8, 4) is 5.75 Å². The summed E-state index contributed by atoms with van der Waals surface area (Å²) in [6, 6.07) is 7.53. The predicted octanol–water partition coefficient (Wildman–Crippen LogP) is 2.51. The van der Waals surface area contributed by atoms with Gasteiger partial charge in [-0.15, -0.1) is 5.10 Å². The van der Waals surface area contributed by atoms with Crippen LogP contribution in [0.15, 0.2) is 34.5 Å². The third-order valence-electron chi connectivity index (χ3n) is 3.28. The minimum absolute atomic E-state index is 0.240. The van der Waals surface area contributed by atoms with Crippen molar-refractivity contribution in [2.75, 3.05) is 6.61 Å². The van der Waals surface area contributed by atoms with Crippen LogP contribution in [-0.4, -0.2) is 39.7 Å². The Morgan fingerprint density at radius 2 is 2.04 bits per heavy atom. The van der Waals surface area contributed by atoms with Crippen molar-refractivity contribution in [1.82, 2.24) is 5.32 Å². The van der Waals surface area contributed by atoms with E-state index in [4.69, 9.17) is 9.84 Å². The van der Waals surface area contributed by atoms with Crippen LogP contribution in [0.4, 0.5) is 0 Å². The molecule has 1 aliphatic rings. The van der Waals surface area contributed by atoms with Gasteiger partial charge in [0.2, 0.25) is 5.91 Å². The van der Waals surface area contributed by atoms with Gasteiger partial charge in [-0.1, -0.05) is 25.6 Å². The molecule has 7 nitrogen and oxygen atoms in total. The summed E-state index contributed by atoms with van der Waals surface area (Å²) < 4.78 is 5.63. The molecule has 0 saturated carbocycles. The van der Waals surface area contributed by atoms with Crippen molar-refractivity contribution in [2.45, 2.75) is 32.4 Å². The zero-order valence-corrected chi connectivity index (χ0v) is 15.2. The highest BCUT2D eigenvalue weighted by atomic mass is 32.2. The lowest BCUT2D eigenvalue weighted by molar-refractivity contribution is -0.138. The fraction of sp³-hybridized carbons (Fsp3) is 0.412. The van der Waals surface area contributed by atoms with Crippen LogP contribution in [0.1, 0.15) is 32.8 Å². The summed E-state index contributed by atoms with van der Waals surface area (Å²) in [5.74, 6) is -0.117. The number of benzene rings is 1. The van der Waals surface area contributed by atoms with Crippen LogP contribution in [0.5, 0.6) is 5.75 Å². The Balaban J connectivity index is 1.99. The van der Waals surface area contributed by atoms with Gasteiger partial charge in [0, 0.05) is 0 Å². The highest BCUT2D eigenvalue weighted by Crippen LogP contribution is 2.22.